The molecule has 0 bridgehead atoms. The van der Waals surface area contributed by atoms with E-state index in [-0.39, 0.29) is 0 Å². The van der Waals surface area contributed by atoms with Crippen molar-refractivity contribution in [2.45, 2.75) is 30.4 Å². The molecule has 1 N–H and O–H groups in total. The number of carboxylic acid groups (broad SMARTS) is 1. The molecule has 7 heteroatoms. The van der Waals surface area contributed by atoms with E-state index in [1.54, 1.807) is 6.08 Å². The lowest BCUT2D eigenvalue weighted by Gasteiger charge is -2.38. The smallest absolute Gasteiger partial charge is 0.321 e. The van der Waals surface area contributed by atoms with E-state index in [1.165, 1.54) is 25.2 Å². The summed E-state index contributed by atoms with van der Waals surface area (Å²) < 4.78 is 10.2. The van der Waals surface area contributed by atoms with E-state index in [2.05, 4.69) is 15.9 Å². The minimum absolute atomic E-state index is 0.605. The van der Waals surface area contributed by atoms with Gasteiger partial charge in [-0.1, -0.05) is 28.1 Å². The molecule has 0 amide bonds. The Morgan fingerprint density at radius 2 is 1.89 bits per heavy atom. The summed E-state index contributed by atoms with van der Waals surface area (Å²) in [4.78, 5) is 32.3. The number of carboxylic acids is 1. The van der Waals surface area contributed by atoms with Gasteiger partial charge in [0.1, 0.15) is 0 Å². The standard InChI is InChI=1S/C12H13BrO6/c1-7(14)18-9-5-3-4-6-12(9,19-8(2)15)10(13)11(16)17/h3-6,9-10H,1-2H3,(H,16,17). The van der Waals surface area contributed by atoms with Crippen molar-refractivity contribution in [3.05, 3.63) is 24.3 Å². The molecular formula is C12H13BrO6. The zero-order valence-electron chi connectivity index (χ0n) is 10.3. The molecule has 3 atom stereocenters. The lowest BCUT2D eigenvalue weighted by molar-refractivity contribution is -0.174. The number of carbonyl (C=O) groups excluding carboxylic acids is 2. The molecule has 0 heterocycles. The van der Waals surface area contributed by atoms with Gasteiger partial charge >= 0.3 is 17.9 Å². The molecule has 0 fully saturated rings. The van der Waals surface area contributed by atoms with Crippen LogP contribution in [0, 0.1) is 0 Å². The van der Waals surface area contributed by atoms with E-state index in [9.17, 15) is 14.4 Å². The van der Waals surface area contributed by atoms with Gasteiger partial charge in [0, 0.05) is 13.8 Å². The molecule has 104 valence electrons. The van der Waals surface area contributed by atoms with E-state index in [0.717, 1.165) is 6.92 Å². The van der Waals surface area contributed by atoms with Crippen molar-refractivity contribution < 1.29 is 29.0 Å². The second kappa shape index (κ2) is 6.01. The average Bonchev–Trinajstić information content (AvgIpc) is 2.29. The van der Waals surface area contributed by atoms with Crippen LogP contribution in [-0.2, 0) is 23.9 Å². The fourth-order valence-corrected chi connectivity index (χ4v) is 2.25. The number of rotatable bonds is 4. The summed E-state index contributed by atoms with van der Waals surface area (Å²) in [6.45, 7) is 2.34. The number of allylic oxidation sites excluding steroid dienone is 2. The van der Waals surface area contributed by atoms with Crippen LogP contribution >= 0.6 is 15.9 Å². The summed E-state index contributed by atoms with van der Waals surface area (Å²) in [6, 6.07) is 0. The quantitative estimate of drug-likeness (QED) is 0.614. The first kappa shape index (κ1) is 15.4. The first-order chi connectivity index (χ1) is 8.79. The maximum absolute atomic E-state index is 11.2. The molecule has 0 aliphatic heterocycles. The van der Waals surface area contributed by atoms with E-state index in [4.69, 9.17) is 14.6 Å². The van der Waals surface area contributed by atoms with Crippen molar-refractivity contribution in [1.82, 2.24) is 0 Å². The fraction of sp³-hybridized carbons (Fsp3) is 0.417. The minimum Gasteiger partial charge on any atom is -0.480 e. The second-order valence-corrected chi connectivity index (χ2v) is 4.84. The monoisotopic (exact) mass is 332 g/mol. The Kier molecular flexibility index (Phi) is 4.88. The number of halogens is 1. The Bertz CT molecular complexity index is 455. The summed E-state index contributed by atoms with van der Waals surface area (Å²) in [5.41, 5.74) is -1.61. The van der Waals surface area contributed by atoms with Crippen LogP contribution in [0.2, 0.25) is 0 Å². The molecule has 0 aromatic rings. The van der Waals surface area contributed by atoms with Gasteiger partial charge in [-0.25, -0.2) is 0 Å². The van der Waals surface area contributed by atoms with Gasteiger partial charge in [-0.05, 0) is 12.2 Å². The predicted molar refractivity (Wildman–Crippen MR) is 68.7 cm³/mol. The maximum atomic E-state index is 11.2. The van der Waals surface area contributed by atoms with Gasteiger partial charge in [0.05, 0.1) is 0 Å². The molecule has 0 radical (unpaired) electrons. The number of aliphatic carboxylic acids is 1. The summed E-state index contributed by atoms with van der Waals surface area (Å²) in [7, 11) is 0. The number of hydrogen-bond donors (Lipinski definition) is 1. The van der Waals surface area contributed by atoms with Crippen LogP contribution in [0.1, 0.15) is 13.8 Å². The van der Waals surface area contributed by atoms with Gasteiger partial charge in [-0.3, -0.25) is 14.4 Å². The predicted octanol–water partition coefficient (Wildman–Crippen LogP) is 1.19. The molecule has 0 aromatic heterocycles. The van der Waals surface area contributed by atoms with Crippen molar-refractivity contribution in [3.8, 4) is 0 Å². The van der Waals surface area contributed by atoms with E-state index in [1.807, 2.05) is 0 Å². The first-order valence-corrected chi connectivity index (χ1v) is 6.31. The van der Waals surface area contributed by atoms with E-state index >= 15 is 0 Å². The van der Waals surface area contributed by atoms with Crippen LogP contribution in [0.3, 0.4) is 0 Å². The Hall–Kier alpha value is -1.63. The normalized spacial score (nSPS) is 26.6. The third-order valence-corrected chi connectivity index (χ3v) is 3.53. The van der Waals surface area contributed by atoms with Crippen LogP contribution < -0.4 is 0 Å². The highest BCUT2D eigenvalue weighted by atomic mass is 79.9. The van der Waals surface area contributed by atoms with Crippen LogP contribution in [0.25, 0.3) is 0 Å². The van der Waals surface area contributed by atoms with Gasteiger partial charge in [-0.2, -0.15) is 0 Å². The van der Waals surface area contributed by atoms with Crippen molar-refractivity contribution in [1.29, 1.82) is 0 Å². The molecule has 0 saturated heterocycles. The molecule has 1 aliphatic rings. The number of ether oxygens (including phenoxy) is 2. The van der Waals surface area contributed by atoms with Crippen molar-refractivity contribution in [2.24, 2.45) is 0 Å². The zero-order valence-corrected chi connectivity index (χ0v) is 11.9. The third-order valence-electron chi connectivity index (χ3n) is 2.42. The summed E-state index contributed by atoms with van der Waals surface area (Å²) >= 11 is 2.97. The number of hydrogen-bond acceptors (Lipinski definition) is 5. The molecule has 1 aliphatic carbocycles. The topological polar surface area (TPSA) is 89.9 Å². The molecule has 0 spiro atoms. The highest BCUT2D eigenvalue weighted by molar-refractivity contribution is 9.10. The van der Waals surface area contributed by atoms with E-state index in [0.29, 0.717) is 0 Å². The number of carbonyl (C=O) groups is 3. The number of alkyl halides is 1. The first-order valence-electron chi connectivity index (χ1n) is 5.39. The highest BCUT2D eigenvalue weighted by Gasteiger charge is 2.51. The molecule has 0 saturated carbocycles. The molecule has 3 unspecified atom stereocenters. The van der Waals surface area contributed by atoms with Gasteiger partial charge in [0.2, 0.25) is 0 Å². The Labute approximate surface area is 118 Å². The minimum atomic E-state index is -1.61. The van der Waals surface area contributed by atoms with Crippen molar-refractivity contribution in [3.63, 3.8) is 0 Å². The molecule has 1 rings (SSSR count). The Morgan fingerprint density at radius 3 is 2.37 bits per heavy atom. The molecular weight excluding hydrogens is 320 g/mol. The largest absolute Gasteiger partial charge is 0.480 e. The van der Waals surface area contributed by atoms with Gasteiger partial charge in [0.25, 0.3) is 0 Å². The third kappa shape index (κ3) is 3.44. The second-order valence-electron chi connectivity index (χ2n) is 3.92. The lowest BCUT2D eigenvalue weighted by Crippen LogP contribution is -2.55. The van der Waals surface area contributed by atoms with Crippen molar-refractivity contribution in [2.75, 3.05) is 0 Å². The molecule has 0 aromatic carbocycles. The van der Waals surface area contributed by atoms with Gasteiger partial charge in [0.15, 0.2) is 16.5 Å². The summed E-state index contributed by atoms with van der Waals surface area (Å²) in [6.07, 6.45) is 4.94. The molecule has 19 heavy (non-hydrogen) atoms. The van der Waals surface area contributed by atoms with Gasteiger partial charge in [-0.15, -0.1) is 0 Å². The Balaban J connectivity index is 3.21. The van der Waals surface area contributed by atoms with Crippen LogP contribution in [-0.4, -0.2) is 39.5 Å². The van der Waals surface area contributed by atoms with Crippen LogP contribution in [0.5, 0.6) is 0 Å². The lowest BCUT2D eigenvalue weighted by atomic mass is 9.88. The van der Waals surface area contributed by atoms with Crippen LogP contribution in [0.4, 0.5) is 0 Å². The van der Waals surface area contributed by atoms with E-state index < -0.39 is 34.4 Å². The summed E-state index contributed by atoms with van der Waals surface area (Å²) in [5.74, 6) is -2.52. The fourth-order valence-electron chi connectivity index (χ4n) is 1.74. The highest BCUT2D eigenvalue weighted by Crippen LogP contribution is 2.34. The van der Waals surface area contributed by atoms with Crippen LogP contribution in [0.15, 0.2) is 24.3 Å². The molecule has 6 nitrogen and oxygen atoms in total. The Morgan fingerprint density at radius 1 is 1.26 bits per heavy atom. The van der Waals surface area contributed by atoms with Crippen molar-refractivity contribution >= 4 is 33.8 Å². The SMILES string of the molecule is CC(=O)OC1C=CC=CC1(OC(C)=O)C(Br)C(=O)O. The average molecular weight is 333 g/mol. The van der Waals surface area contributed by atoms with Gasteiger partial charge < -0.3 is 14.6 Å². The maximum Gasteiger partial charge on any atom is 0.321 e. The number of esters is 2. The summed E-state index contributed by atoms with van der Waals surface area (Å²) in [5, 5.41) is 9.13. The zero-order chi connectivity index (χ0) is 14.6.